The number of hydrazine groups is 1. The van der Waals surface area contributed by atoms with Gasteiger partial charge in [0.15, 0.2) is 0 Å². The maximum Gasteiger partial charge on any atom is 0.0728 e. The summed E-state index contributed by atoms with van der Waals surface area (Å²) >= 11 is 3.42. The maximum absolute atomic E-state index is 5.44. The quantitative estimate of drug-likeness (QED) is 0.489. The van der Waals surface area contributed by atoms with Crippen molar-refractivity contribution in [3.8, 4) is 12.3 Å². The predicted molar refractivity (Wildman–Crippen MR) is 60.1 cm³/mol. The van der Waals surface area contributed by atoms with Crippen LogP contribution in [0.4, 0.5) is 0 Å². The number of nitrogens with one attached hydrogen (secondary N) is 1. The van der Waals surface area contributed by atoms with Gasteiger partial charge in [0.25, 0.3) is 0 Å². The Morgan fingerprint density at radius 3 is 3.07 bits per heavy atom. The number of nitrogens with two attached hydrogens (primary N) is 1. The van der Waals surface area contributed by atoms with Crippen LogP contribution in [0.5, 0.6) is 0 Å². The molecule has 14 heavy (non-hydrogen) atoms. The van der Waals surface area contributed by atoms with E-state index in [1.54, 1.807) is 6.20 Å². The fourth-order valence-electron chi connectivity index (χ4n) is 1.18. The molecule has 0 radical (unpaired) electrons. The molecule has 1 aromatic heterocycles. The van der Waals surface area contributed by atoms with Gasteiger partial charge in [0, 0.05) is 17.1 Å². The predicted octanol–water partition coefficient (Wildman–Crippen LogP) is 1.76. The Morgan fingerprint density at radius 1 is 1.71 bits per heavy atom. The minimum absolute atomic E-state index is 0.00150. The van der Waals surface area contributed by atoms with E-state index in [4.69, 9.17) is 12.3 Å². The Kier molecular flexibility index (Phi) is 4.60. The Bertz CT molecular complexity index is 332. The Morgan fingerprint density at radius 2 is 2.50 bits per heavy atom. The third kappa shape index (κ3) is 2.81. The van der Waals surface area contributed by atoms with E-state index in [-0.39, 0.29) is 6.04 Å². The third-order valence-corrected chi connectivity index (χ3v) is 2.57. The van der Waals surface area contributed by atoms with E-state index in [9.17, 15) is 0 Å². The van der Waals surface area contributed by atoms with Crippen molar-refractivity contribution >= 4 is 15.9 Å². The van der Waals surface area contributed by atoms with E-state index >= 15 is 0 Å². The van der Waals surface area contributed by atoms with E-state index in [0.717, 1.165) is 16.6 Å². The van der Waals surface area contributed by atoms with Crippen LogP contribution in [-0.4, -0.2) is 4.98 Å². The van der Waals surface area contributed by atoms with E-state index in [2.05, 4.69) is 32.3 Å². The molecule has 3 N–H and O–H groups in total. The van der Waals surface area contributed by atoms with Crippen molar-refractivity contribution < 1.29 is 0 Å². The molecule has 1 rings (SSSR count). The molecule has 0 aliphatic carbocycles. The summed E-state index contributed by atoms with van der Waals surface area (Å²) < 4.78 is 0.944. The number of rotatable bonds is 4. The van der Waals surface area contributed by atoms with Gasteiger partial charge in [-0.2, -0.15) is 0 Å². The van der Waals surface area contributed by atoms with Crippen molar-refractivity contribution in [2.24, 2.45) is 5.84 Å². The highest BCUT2D eigenvalue weighted by Gasteiger charge is 2.12. The second kappa shape index (κ2) is 5.76. The van der Waals surface area contributed by atoms with Crippen LogP contribution in [0.2, 0.25) is 0 Å². The van der Waals surface area contributed by atoms with Crippen LogP contribution in [0.25, 0.3) is 0 Å². The highest BCUT2D eigenvalue weighted by Crippen LogP contribution is 2.23. The molecule has 4 heteroatoms. The zero-order valence-electron chi connectivity index (χ0n) is 7.70. The first kappa shape index (κ1) is 11.2. The van der Waals surface area contributed by atoms with Crippen molar-refractivity contribution in [1.82, 2.24) is 10.4 Å². The number of hydrogen-bond acceptors (Lipinski definition) is 3. The van der Waals surface area contributed by atoms with Gasteiger partial charge < -0.3 is 0 Å². The monoisotopic (exact) mass is 253 g/mol. The molecule has 0 amide bonds. The van der Waals surface area contributed by atoms with Crippen molar-refractivity contribution in [3.63, 3.8) is 0 Å². The lowest BCUT2D eigenvalue weighted by Gasteiger charge is -2.14. The molecule has 1 heterocycles. The fraction of sp³-hybridized carbons (Fsp3) is 0.300. The van der Waals surface area contributed by atoms with Gasteiger partial charge in [-0.15, -0.1) is 12.3 Å². The van der Waals surface area contributed by atoms with E-state index < -0.39 is 0 Å². The first-order chi connectivity index (χ1) is 6.79. The summed E-state index contributed by atoms with van der Waals surface area (Å²) in [5.74, 6) is 8.02. The second-order valence-electron chi connectivity index (χ2n) is 2.83. The summed E-state index contributed by atoms with van der Waals surface area (Å²) in [5, 5.41) is 0. The minimum Gasteiger partial charge on any atom is -0.271 e. The largest absolute Gasteiger partial charge is 0.271 e. The van der Waals surface area contributed by atoms with Gasteiger partial charge in [-0.05, 0) is 34.5 Å². The molecule has 0 saturated carbocycles. The smallest absolute Gasteiger partial charge is 0.0728 e. The van der Waals surface area contributed by atoms with E-state index in [0.29, 0.717) is 6.42 Å². The van der Waals surface area contributed by atoms with Gasteiger partial charge in [-0.3, -0.25) is 16.3 Å². The first-order valence-electron chi connectivity index (χ1n) is 4.29. The molecular formula is C10H12BrN3. The van der Waals surface area contributed by atoms with Crippen molar-refractivity contribution in [2.75, 3.05) is 0 Å². The molecule has 0 fully saturated rings. The number of terminal acetylenes is 1. The van der Waals surface area contributed by atoms with Crippen LogP contribution >= 0.6 is 15.9 Å². The molecule has 3 nitrogen and oxygen atoms in total. The maximum atomic E-state index is 5.44. The van der Waals surface area contributed by atoms with Gasteiger partial charge in [0.05, 0.1) is 11.7 Å². The highest BCUT2D eigenvalue weighted by molar-refractivity contribution is 9.10. The van der Waals surface area contributed by atoms with Crippen LogP contribution in [0.1, 0.15) is 24.6 Å². The molecule has 0 spiro atoms. The van der Waals surface area contributed by atoms with Gasteiger partial charge in [-0.1, -0.05) is 0 Å². The molecule has 74 valence electrons. The fourth-order valence-corrected chi connectivity index (χ4v) is 1.71. The van der Waals surface area contributed by atoms with Crippen LogP contribution in [0.3, 0.4) is 0 Å². The zero-order valence-corrected chi connectivity index (χ0v) is 9.29. The summed E-state index contributed by atoms with van der Waals surface area (Å²) in [4.78, 5) is 4.24. The van der Waals surface area contributed by atoms with Gasteiger partial charge in [0.2, 0.25) is 0 Å². The average molecular weight is 254 g/mol. The number of hydrogen-bond donors (Lipinski definition) is 2. The van der Waals surface area contributed by atoms with Gasteiger partial charge in [-0.25, -0.2) is 0 Å². The molecule has 1 unspecified atom stereocenters. The van der Waals surface area contributed by atoms with E-state index in [1.165, 1.54) is 0 Å². The summed E-state index contributed by atoms with van der Waals surface area (Å²) in [5.41, 5.74) is 3.60. The number of pyridine rings is 1. The SMILES string of the molecule is C#CCCC(NN)c1ncccc1Br. The molecule has 1 atom stereocenters. The van der Waals surface area contributed by atoms with Crippen LogP contribution < -0.4 is 11.3 Å². The molecule has 1 aromatic rings. The van der Waals surface area contributed by atoms with Crippen molar-refractivity contribution in [1.29, 1.82) is 0 Å². The molecule has 0 bridgehead atoms. The molecule has 0 saturated heterocycles. The lowest BCUT2D eigenvalue weighted by atomic mass is 10.1. The Balaban J connectivity index is 2.79. The molecule has 0 aliphatic heterocycles. The van der Waals surface area contributed by atoms with Gasteiger partial charge >= 0.3 is 0 Å². The lowest BCUT2D eigenvalue weighted by Crippen LogP contribution is -2.28. The summed E-state index contributed by atoms with van der Waals surface area (Å²) in [7, 11) is 0. The summed E-state index contributed by atoms with van der Waals surface area (Å²) in [6, 6.07) is 3.80. The first-order valence-corrected chi connectivity index (χ1v) is 5.09. The molecule has 0 aromatic carbocycles. The third-order valence-electron chi connectivity index (χ3n) is 1.90. The van der Waals surface area contributed by atoms with Crippen LogP contribution in [0.15, 0.2) is 22.8 Å². The number of nitrogens with zero attached hydrogens (tertiary/aromatic N) is 1. The minimum atomic E-state index is 0.00150. The second-order valence-corrected chi connectivity index (χ2v) is 3.69. The topological polar surface area (TPSA) is 50.9 Å². The Labute approximate surface area is 92.2 Å². The zero-order chi connectivity index (χ0) is 10.4. The normalized spacial score (nSPS) is 12.1. The van der Waals surface area contributed by atoms with E-state index in [1.807, 2.05) is 12.1 Å². The van der Waals surface area contributed by atoms with Crippen LogP contribution in [-0.2, 0) is 0 Å². The Hall–Kier alpha value is -0.890. The molecule has 0 aliphatic rings. The number of aromatic nitrogens is 1. The summed E-state index contributed by atoms with van der Waals surface area (Å²) in [6.45, 7) is 0. The van der Waals surface area contributed by atoms with Crippen molar-refractivity contribution in [3.05, 3.63) is 28.5 Å². The standard InChI is InChI=1S/C10H12BrN3/c1-2-3-6-9(14-12)10-8(11)5-4-7-13-10/h1,4-5,7,9,14H,3,6,12H2. The molecular weight excluding hydrogens is 242 g/mol. The number of halogens is 1. The highest BCUT2D eigenvalue weighted by atomic mass is 79.9. The summed E-state index contributed by atoms with van der Waals surface area (Å²) in [6.07, 6.45) is 8.39. The van der Waals surface area contributed by atoms with Gasteiger partial charge in [0.1, 0.15) is 0 Å². The van der Waals surface area contributed by atoms with Crippen molar-refractivity contribution in [2.45, 2.75) is 18.9 Å². The average Bonchev–Trinajstić information content (AvgIpc) is 2.21. The lowest BCUT2D eigenvalue weighted by molar-refractivity contribution is 0.509. The van der Waals surface area contributed by atoms with Crippen LogP contribution in [0, 0.1) is 12.3 Å².